The van der Waals surface area contributed by atoms with Gasteiger partial charge in [0.2, 0.25) is 5.91 Å². The number of likely N-dealkylation sites (tertiary alicyclic amines) is 1. The molecule has 0 aromatic carbocycles. The van der Waals surface area contributed by atoms with Gasteiger partial charge in [-0.1, -0.05) is 27.7 Å². The number of carbonyl (C=O) groups is 1. The average Bonchev–Trinajstić information content (AvgIpc) is 2.65. The summed E-state index contributed by atoms with van der Waals surface area (Å²) in [6.45, 7) is 10.7. The van der Waals surface area contributed by atoms with E-state index in [1.54, 1.807) is 0 Å². The summed E-state index contributed by atoms with van der Waals surface area (Å²) >= 11 is 0. The summed E-state index contributed by atoms with van der Waals surface area (Å²) in [6, 6.07) is 0.416. The zero-order chi connectivity index (χ0) is 13.1. The van der Waals surface area contributed by atoms with Crippen LogP contribution in [-0.2, 0) is 4.79 Å². The van der Waals surface area contributed by atoms with Crippen LogP contribution in [0.3, 0.4) is 0 Å². The summed E-state index contributed by atoms with van der Waals surface area (Å²) < 4.78 is 0. The molecule has 0 spiro atoms. The molecule has 3 heteroatoms. The minimum Gasteiger partial charge on any atom is -0.338 e. The van der Waals surface area contributed by atoms with Gasteiger partial charge in [-0.3, -0.25) is 4.79 Å². The summed E-state index contributed by atoms with van der Waals surface area (Å²) in [5.41, 5.74) is 0.216. The summed E-state index contributed by atoms with van der Waals surface area (Å²) in [4.78, 5) is 14.4. The van der Waals surface area contributed by atoms with Crippen molar-refractivity contribution < 1.29 is 4.79 Å². The van der Waals surface area contributed by atoms with E-state index < -0.39 is 0 Å². The maximum Gasteiger partial charge on any atom is 0.223 e. The molecule has 1 aliphatic rings. The fourth-order valence-electron chi connectivity index (χ4n) is 2.30. The molecule has 0 aromatic rings. The predicted octanol–water partition coefficient (Wildman–Crippen LogP) is 2.27. The lowest BCUT2D eigenvalue weighted by Gasteiger charge is -2.30. The lowest BCUT2D eigenvalue weighted by molar-refractivity contribution is -0.133. The van der Waals surface area contributed by atoms with Gasteiger partial charge >= 0.3 is 0 Å². The van der Waals surface area contributed by atoms with E-state index in [0.717, 1.165) is 25.9 Å². The van der Waals surface area contributed by atoms with Crippen LogP contribution in [0.5, 0.6) is 0 Å². The van der Waals surface area contributed by atoms with E-state index >= 15 is 0 Å². The number of carbonyl (C=O) groups excluding carboxylic acids is 1. The van der Waals surface area contributed by atoms with E-state index in [4.69, 9.17) is 0 Å². The first-order chi connectivity index (χ1) is 7.86. The van der Waals surface area contributed by atoms with Gasteiger partial charge in [-0.2, -0.15) is 0 Å². The van der Waals surface area contributed by atoms with Gasteiger partial charge in [0.05, 0.1) is 0 Å². The van der Waals surface area contributed by atoms with E-state index in [1.807, 2.05) is 7.05 Å². The van der Waals surface area contributed by atoms with Crippen LogP contribution in [0.15, 0.2) is 0 Å². The Kier molecular flexibility index (Phi) is 4.99. The number of nitrogens with one attached hydrogen (secondary N) is 1. The van der Waals surface area contributed by atoms with Crippen molar-refractivity contribution in [2.24, 2.45) is 11.3 Å². The van der Waals surface area contributed by atoms with Crippen LogP contribution in [0.25, 0.3) is 0 Å². The van der Waals surface area contributed by atoms with E-state index in [9.17, 15) is 4.79 Å². The molecule has 0 saturated carbocycles. The van der Waals surface area contributed by atoms with Gasteiger partial charge in [0.1, 0.15) is 0 Å². The van der Waals surface area contributed by atoms with Crippen LogP contribution in [0.2, 0.25) is 0 Å². The molecule has 0 aromatic heterocycles. The molecule has 2 unspecified atom stereocenters. The Morgan fingerprint density at radius 1 is 1.47 bits per heavy atom. The summed E-state index contributed by atoms with van der Waals surface area (Å²) in [6.07, 6.45) is 2.99. The van der Waals surface area contributed by atoms with Crippen molar-refractivity contribution in [3.63, 3.8) is 0 Å². The summed E-state index contributed by atoms with van der Waals surface area (Å²) in [5, 5.41) is 3.18. The van der Waals surface area contributed by atoms with Crippen LogP contribution in [-0.4, -0.2) is 37.0 Å². The Hall–Kier alpha value is -0.570. The number of hydrogen-bond acceptors (Lipinski definition) is 2. The van der Waals surface area contributed by atoms with Crippen LogP contribution in [0, 0.1) is 11.3 Å². The molecule has 1 saturated heterocycles. The van der Waals surface area contributed by atoms with E-state index in [2.05, 4.69) is 37.9 Å². The highest BCUT2D eigenvalue weighted by Crippen LogP contribution is 2.29. The summed E-state index contributed by atoms with van der Waals surface area (Å²) in [7, 11) is 1.96. The quantitative estimate of drug-likeness (QED) is 0.817. The average molecular weight is 240 g/mol. The Morgan fingerprint density at radius 3 is 2.65 bits per heavy atom. The molecule has 1 aliphatic heterocycles. The molecule has 0 bridgehead atoms. The maximum absolute atomic E-state index is 12.3. The molecular formula is C14H28N2O. The number of rotatable bonds is 4. The molecule has 1 N–H and O–H groups in total. The normalized spacial score (nSPS) is 22.9. The fourth-order valence-corrected chi connectivity index (χ4v) is 2.30. The smallest absolute Gasteiger partial charge is 0.223 e. The number of hydrogen-bond donors (Lipinski definition) is 1. The molecule has 3 nitrogen and oxygen atoms in total. The van der Waals surface area contributed by atoms with Crippen molar-refractivity contribution in [2.75, 3.05) is 20.1 Å². The lowest BCUT2D eigenvalue weighted by Crippen LogP contribution is -2.42. The minimum atomic E-state index is 0.216. The Morgan fingerprint density at radius 2 is 2.12 bits per heavy atom. The van der Waals surface area contributed by atoms with Crippen molar-refractivity contribution in [3.8, 4) is 0 Å². The fraction of sp³-hybridized carbons (Fsp3) is 0.929. The van der Waals surface area contributed by atoms with Crippen molar-refractivity contribution >= 4 is 5.91 Å². The van der Waals surface area contributed by atoms with Crippen LogP contribution >= 0.6 is 0 Å². The number of likely N-dealkylation sites (N-methyl/N-ethyl adjacent to an activating group) is 1. The first kappa shape index (κ1) is 14.5. The monoisotopic (exact) mass is 240 g/mol. The van der Waals surface area contributed by atoms with E-state index in [-0.39, 0.29) is 5.41 Å². The van der Waals surface area contributed by atoms with Crippen LogP contribution in [0.1, 0.15) is 47.0 Å². The molecule has 0 aliphatic carbocycles. The van der Waals surface area contributed by atoms with Gasteiger partial charge in [0.15, 0.2) is 0 Å². The van der Waals surface area contributed by atoms with Gasteiger partial charge in [-0.25, -0.2) is 0 Å². The third-order valence-electron chi connectivity index (χ3n) is 4.10. The molecule has 17 heavy (non-hydrogen) atoms. The first-order valence-electron chi connectivity index (χ1n) is 6.80. The maximum atomic E-state index is 12.3. The Labute approximate surface area is 106 Å². The Balaban J connectivity index is 2.52. The molecule has 1 heterocycles. The van der Waals surface area contributed by atoms with Gasteiger partial charge in [0, 0.05) is 25.6 Å². The van der Waals surface area contributed by atoms with Crippen molar-refractivity contribution in [3.05, 3.63) is 0 Å². The highest BCUT2D eigenvalue weighted by atomic mass is 16.2. The zero-order valence-electron chi connectivity index (χ0n) is 12.0. The molecule has 1 fully saturated rings. The van der Waals surface area contributed by atoms with Crippen molar-refractivity contribution in [1.82, 2.24) is 10.2 Å². The third kappa shape index (κ3) is 3.98. The van der Waals surface area contributed by atoms with Crippen molar-refractivity contribution in [2.45, 2.75) is 53.0 Å². The molecule has 0 radical (unpaired) electrons. The summed E-state index contributed by atoms with van der Waals surface area (Å²) in [5.74, 6) is 0.774. The van der Waals surface area contributed by atoms with Crippen LogP contribution in [0.4, 0.5) is 0 Å². The zero-order valence-corrected chi connectivity index (χ0v) is 12.0. The second-order valence-corrected chi connectivity index (χ2v) is 6.41. The molecule has 1 rings (SSSR count). The number of amides is 1. The van der Waals surface area contributed by atoms with Gasteiger partial charge < -0.3 is 10.2 Å². The Bertz CT molecular complexity index is 257. The van der Waals surface area contributed by atoms with E-state index in [1.165, 1.54) is 0 Å². The standard InChI is InChI=1S/C14H28N2O/c1-11(14(2,3)4)9-13(17)16-8-6-7-12(16)10-15-5/h11-12,15H,6-10H2,1-5H3. The lowest BCUT2D eigenvalue weighted by atomic mass is 9.80. The van der Waals surface area contributed by atoms with E-state index in [0.29, 0.717) is 24.3 Å². The first-order valence-corrected chi connectivity index (χ1v) is 6.80. The van der Waals surface area contributed by atoms with Gasteiger partial charge in [-0.15, -0.1) is 0 Å². The third-order valence-corrected chi connectivity index (χ3v) is 4.10. The van der Waals surface area contributed by atoms with Crippen molar-refractivity contribution in [1.29, 1.82) is 0 Å². The minimum absolute atomic E-state index is 0.216. The molecule has 100 valence electrons. The molecule has 2 atom stereocenters. The molecular weight excluding hydrogens is 212 g/mol. The highest BCUT2D eigenvalue weighted by Gasteiger charge is 2.31. The van der Waals surface area contributed by atoms with Crippen LogP contribution < -0.4 is 5.32 Å². The largest absolute Gasteiger partial charge is 0.338 e. The highest BCUT2D eigenvalue weighted by molar-refractivity contribution is 5.77. The number of nitrogens with zero attached hydrogens (tertiary/aromatic N) is 1. The topological polar surface area (TPSA) is 32.3 Å². The SMILES string of the molecule is CNCC1CCCN1C(=O)CC(C)C(C)(C)C. The predicted molar refractivity (Wildman–Crippen MR) is 71.9 cm³/mol. The second-order valence-electron chi connectivity index (χ2n) is 6.41. The van der Waals surface area contributed by atoms with Gasteiger partial charge in [-0.05, 0) is 31.2 Å². The molecule has 1 amide bonds. The van der Waals surface area contributed by atoms with Gasteiger partial charge in [0.25, 0.3) is 0 Å². The second kappa shape index (κ2) is 5.85.